The van der Waals surface area contributed by atoms with Crippen molar-refractivity contribution in [2.75, 3.05) is 13.2 Å². The number of ether oxygens (including phenoxy) is 1. The van der Waals surface area contributed by atoms with E-state index in [-0.39, 0.29) is 45.3 Å². The van der Waals surface area contributed by atoms with Crippen molar-refractivity contribution in [3.05, 3.63) is 76.8 Å². The van der Waals surface area contributed by atoms with Crippen molar-refractivity contribution in [2.45, 2.75) is 25.9 Å². The summed E-state index contributed by atoms with van der Waals surface area (Å²) in [6, 6.07) is 9.86. The molecule has 0 heterocycles. The number of nitrogens with two attached hydrogens (primary N) is 1. The molecule has 1 amide bonds. The third-order valence-electron chi connectivity index (χ3n) is 4.46. The number of halogens is 4. The third kappa shape index (κ3) is 7.10. The Labute approximate surface area is 199 Å². The molecule has 0 atom stereocenters. The Kier molecular flexibility index (Phi) is 9.55. The van der Waals surface area contributed by atoms with Gasteiger partial charge in [0.25, 0.3) is 5.91 Å². The Morgan fingerprint density at radius 3 is 2.61 bits per heavy atom. The summed E-state index contributed by atoms with van der Waals surface area (Å²) in [7, 11) is 0. The predicted octanol–water partition coefficient (Wildman–Crippen LogP) is 5.04. The fourth-order valence-corrected chi connectivity index (χ4v) is 3.74. The number of carbonyl (C=O) groups excluding carboxylic acids is 1. The monoisotopic (exact) mass is 498 g/mol. The molecule has 0 radical (unpaired) electrons. The Bertz CT molecular complexity index is 1040. The number of thioether (sulfide) groups is 1. The first-order chi connectivity index (χ1) is 15.6. The number of benzene rings is 2. The minimum Gasteiger partial charge on any atom is -0.489 e. The van der Waals surface area contributed by atoms with Crippen molar-refractivity contribution >= 4 is 39.5 Å². The molecular formula is C23H24ClF3N3O2S+. The highest BCUT2D eigenvalue weighted by Crippen LogP contribution is 2.37. The second kappa shape index (κ2) is 11.9. The number of hydrogen-bond acceptors (Lipinski definition) is 4. The van der Waals surface area contributed by atoms with Gasteiger partial charge >= 0.3 is 6.18 Å². The van der Waals surface area contributed by atoms with Crippen molar-refractivity contribution in [3.8, 4) is 5.75 Å². The molecule has 2 rings (SSSR count). The van der Waals surface area contributed by atoms with Gasteiger partial charge < -0.3 is 4.74 Å². The lowest BCUT2D eigenvalue weighted by atomic mass is 10.1. The van der Waals surface area contributed by atoms with Crippen LogP contribution in [0.2, 0.25) is 5.02 Å². The SMILES string of the molecule is C=CCOc1ccc(C(=[NH2+])SC(=N)N(CCCC)C(=O)c2ccccc2Cl)cc1C(F)(F)F. The molecule has 176 valence electrons. The van der Waals surface area contributed by atoms with Crippen LogP contribution < -0.4 is 10.1 Å². The number of nitrogens with one attached hydrogen (secondary N) is 1. The summed E-state index contributed by atoms with van der Waals surface area (Å²) in [5.74, 6) is -0.832. The first-order valence-corrected chi connectivity index (χ1v) is 11.2. The van der Waals surface area contributed by atoms with Crippen LogP contribution in [0.25, 0.3) is 0 Å². The highest BCUT2D eigenvalue weighted by atomic mass is 35.5. The first kappa shape index (κ1) is 26.5. The minimum absolute atomic E-state index is 0.0589. The second-order valence-corrected chi connectivity index (χ2v) is 8.31. The molecule has 0 spiro atoms. The van der Waals surface area contributed by atoms with Crippen LogP contribution in [0.1, 0.15) is 41.3 Å². The minimum atomic E-state index is -4.67. The lowest BCUT2D eigenvalue weighted by molar-refractivity contribution is -0.138. The summed E-state index contributed by atoms with van der Waals surface area (Å²) in [4.78, 5) is 14.2. The van der Waals surface area contributed by atoms with E-state index in [4.69, 9.17) is 27.2 Å². The maximum absolute atomic E-state index is 13.5. The number of amidine groups is 1. The summed E-state index contributed by atoms with van der Waals surface area (Å²) >= 11 is 6.83. The normalized spacial score (nSPS) is 11.1. The number of unbranched alkanes of at least 4 members (excludes halogenated alkanes) is 1. The van der Waals surface area contributed by atoms with Gasteiger partial charge in [-0.05, 0) is 36.8 Å². The lowest BCUT2D eigenvalue weighted by Gasteiger charge is -2.22. The summed E-state index contributed by atoms with van der Waals surface area (Å²) in [6.07, 6.45) is -1.94. The van der Waals surface area contributed by atoms with Gasteiger partial charge in [-0.1, -0.05) is 49.7 Å². The largest absolute Gasteiger partial charge is 0.489 e. The van der Waals surface area contributed by atoms with Crippen LogP contribution in [0.4, 0.5) is 13.2 Å². The molecule has 5 nitrogen and oxygen atoms in total. The highest BCUT2D eigenvalue weighted by molar-refractivity contribution is 8.26. The molecule has 0 saturated heterocycles. The maximum atomic E-state index is 13.5. The number of hydrogen-bond donors (Lipinski definition) is 2. The Morgan fingerprint density at radius 1 is 1.30 bits per heavy atom. The van der Waals surface area contributed by atoms with E-state index >= 15 is 0 Å². The van der Waals surface area contributed by atoms with Crippen molar-refractivity contribution in [1.29, 1.82) is 5.41 Å². The lowest BCUT2D eigenvalue weighted by Crippen LogP contribution is -2.42. The second-order valence-electron chi connectivity index (χ2n) is 6.87. The topological polar surface area (TPSA) is 79.0 Å². The zero-order valence-corrected chi connectivity index (χ0v) is 19.5. The summed E-state index contributed by atoms with van der Waals surface area (Å²) in [6.45, 7) is 5.51. The van der Waals surface area contributed by atoms with Gasteiger partial charge in [-0.15, -0.1) is 0 Å². The molecule has 0 aromatic heterocycles. The summed E-state index contributed by atoms with van der Waals surface area (Å²) in [5.41, 5.74) is -0.710. The third-order valence-corrected chi connectivity index (χ3v) is 5.66. The molecule has 0 aliphatic heterocycles. The predicted molar refractivity (Wildman–Crippen MR) is 126 cm³/mol. The molecule has 2 aromatic rings. The van der Waals surface area contributed by atoms with Crippen LogP contribution in [-0.2, 0) is 6.18 Å². The number of amides is 1. The van der Waals surface area contributed by atoms with Crippen LogP contribution in [0.15, 0.2) is 55.1 Å². The molecule has 2 aromatic carbocycles. The first-order valence-electron chi connectivity index (χ1n) is 10.0. The van der Waals surface area contributed by atoms with E-state index in [1.54, 1.807) is 24.3 Å². The van der Waals surface area contributed by atoms with Crippen molar-refractivity contribution in [1.82, 2.24) is 4.90 Å². The van der Waals surface area contributed by atoms with Crippen LogP contribution in [-0.4, -0.2) is 34.2 Å². The van der Waals surface area contributed by atoms with E-state index in [0.29, 0.717) is 18.2 Å². The Balaban J connectivity index is 2.28. The Hall–Kier alpha value is -2.78. The average Bonchev–Trinajstić information content (AvgIpc) is 2.77. The Morgan fingerprint density at radius 2 is 2.00 bits per heavy atom. The molecule has 33 heavy (non-hydrogen) atoms. The van der Waals surface area contributed by atoms with Crippen LogP contribution in [0, 0.1) is 5.41 Å². The zero-order chi connectivity index (χ0) is 24.6. The molecule has 0 aliphatic rings. The summed E-state index contributed by atoms with van der Waals surface area (Å²) < 4.78 is 45.6. The molecule has 0 saturated carbocycles. The van der Waals surface area contributed by atoms with Gasteiger partial charge in [-0.25, -0.2) is 5.41 Å². The number of carbonyl (C=O) groups is 1. The van der Waals surface area contributed by atoms with Crippen molar-refractivity contribution in [3.63, 3.8) is 0 Å². The van der Waals surface area contributed by atoms with Crippen molar-refractivity contribution < 1.29 is 28.1 Å². The maximum Gasteiger partial charge on any atom is 0.419 e. The molecule has 0 bridgehead atoms. The summed E-state index contributed by atoms with van der Waals surface area (Å²) in [5, 5.41) is 14.4. The van der Waals surface area contributed by atoms with Gasteiger partial charge in [-0.3, -0.25) is 15.1 Å². The van der Waals surface area contributed by atoms with E-state index in [0.717, 1.165) is 12.5 Å². The molecule has 0 unspecified atom stereocenters. The van der Waals surface area contributed by atoms with Crippen LogP contribution in [0.5, 0.6) is 5.75 Å². The van der Waals surface area contributed by atoms with Crippen molar-refractivity contribution in [2.24, 2.45) is 0 Å². The molecule has 0 fully saturated rings. The molecule has 3 N–H and O–H groups in total. The van der Waals surface area contributed by atoms with E-state index in [9.17, 15) is 18.0 Å². The van der Waals surface area contributed by atoms with Crippen LogP contribution >= 0.6 is 23.4 Å². The van der Waals surface area contributed by atoms with Crippen LogP contribution in [0.3, 0.4) is 0 Å². The molecule has 10 heteroatoms. The smallest absolute Gasteiger partial charge is 0.419 e. The number of rotatable bonds is 8. The zero-order valence-electron chi connectivity index (χ0n) is 17.9. The average molecular weight is 499 g/mol. The van der Waals surface area contributed by atoms with Gasteiger partial charge in [-0.2, -0.15) is 13.2 Å². The fraction of sp³-hybridized carbons (Fsp3) is 0.261. The number of nitrogens with zero attached hydrogens (tertiary/aromatic N) is 1. The van der Waals surface area contributed by atoms with Gasteiger partial charge in [0.2, 0.25) is 5.04 Å². The van der Waals surface area contributed by atoms with Gasteiger partial charge in [0.05, 0.1) is 21.7 Å². The van der Waals surface area contributed by atoms with E-state index in [2.05, 4.69) is 6.58 Å². The highest BCUT2D eigenvalue weighted by Gasteiger charge is 2.35. The molecule has 0 aliphatic carbocycles. The fourth-order valence-electron chi connectivity index (χ4n) is 2.79. The van der Waals surface area contributed by atoms with E-state index < -0.39 is 17.6 Å². The number of alkyl halides is 3. The standard InChI is InChI=1S/C23H23ClF3N3O2S/c1-3-5-12-30(21(31)16-8-6-7-9-18(16)24)22(29)33-20(28)15-10-11-19(32-13-4-2)17(14-15)23(25,26)27/h4,6-11,14,28-29H,2-3,5,12-13H2,1H3/p+1. The van der Waals surface area contributed by atoms with Gasteiger partial charge in [0.15, 0.2) is 5.17 Å². The van der Waals surface area contributed by atoms with Gasteiger partial charge in [0.1, 0.15) is 12.4 Å². The van der Waals surface area contributed by atoms with E-state index in [1.165, 1.54) is 23.1 Å². The quantitative estimate of drug-likeness (QED) is 0.304. The van der Waals surface area contributed by atoms with Gasteiger partial charge in [0, 0.05) is 18.3 Å². The molecular weight excluding hydrogens is 475 g/mol. The van der Waals surface area contributed by atoms with E-state index in [1.807, 2.05) is 6.92 Å².